The van der Waals surface area contributed by atoms with E-state index in [1.807, 2.05) is 30.3 Å². The SMILES string of the molecule is C[C@@H](CNC(=O)c1ccc(-n2nc(Sc3ccc(F)cc3)ccc2=O)cc1)c1ccccc1. The highest BCUT2D eigenvalue weighted by molar-refractivity contribution is 7.99. The van der Waals surface area contributed by atoms with E-state index in [9.17, 15) is 14.0 Å². The molecule has 0 fully saturated rings. The quantitative estimate of drug-likeness (QED) is 0.420. The summed E-state index contributed by atoms with van der Waals surface area (Å²) in [7, 11) is 0. The van der Waals surface area contributed by atoms with Crippen molar-refractivity contribution in [2.24, 2.45) is 0 Å². The van der Waals surface area contributed by atoms with Gasteiger partial charge >= 0.3 is 0 Å². The highest BCUT2D eigenvalue weighted by Gasteiger charge is 2.11. The summed E-state index contributed by atoms with van der Waals surface area (Å²) in [5.74, 6) is -0.292. The second-order valence-corrected chi connectivity index (χ2v) is 8.64. The largest absolute Gasteiger partial charge is 0.351 e. The zero-order valence-corrected chi connectivity index (χ0v) is 18.8. The number of hydrogen-bond donors (Lipinski definition) is 1. The van der Waals surface area contributed by atoms with Crippen molar-refractivity contribution in [3.63, 3.8) is 0 Å². The van der Waals surface area contributed by atoms with E-state index >= 15 is 0 Å². The fourth-order valence-electron chi connectivity index (χ4n) is 3.26. The molecule has 1 N–H and O–H groups in total. The molecule has 0 saturated carbocycles. The normalized spacial score (nSPS) is 11.7. The van der Waals surface area contributed by atoms with E-state index in [0.29, 0.717) is 22.8 Å². The summed E-state index contributed by atoms with van der Waals surface area (Å²) < 4.78 is 14.4. The number of halogens is 1. The van der Waals surface area contributed by atoms with Crippen molar-refractivity contribution in [3.8, 4) is 5.69 Å². The summed E-state index contributed by atoms with van der Waals surface area (Å²) in [6.45, 7) is 2.59. The lowest BCUT2D eigenvalue weighted by Gasteiger charge is -2.13. The van der Waals surface area contributed by atoms with Gasteiger partial charge in [-0.15, -0.1) is 0 Å². The third kappa shape index (κ3) is 5.75. The van der Waals surface area contributed by atoms with Crippen molar-refractivity contribution >= 4 is 17.7 Å². The lowest BCUT2D eigenvalue weighted by molar-refractivity contribution is 0.0951. The first-order valence-electron chi connectivity index (χ1n) is 10.5. The van der Waals surface area contributed by atoms with Crippen LogP contribution < -0.4 is 10.9 Å². The first-order chi connectivity index (χ1) is 16.0. The number of rotatable bonds is 7. The molecule has 1 heterocycles. The molecule has 0 aliphatic carbocycles. The molecule has 0 bridgehead atoms. The van der Waals surface area contributed by atoms with Gasteiger partial charge < -0.3 is 5.32 Å². The fraction of sp³-hybridized carbons (Fsp3) is 0.115. The van der Waals surface area contributed by atoms with Crippen molar-refractivity contribution in [3.05, 3.63) is 118 Å². The number of benzene rings is 3. The molecule has 4 aromatic rings. The molecule has 0 saturated heterocycles. The molecule has 0 spiro atoms. The Hall–Kier alpha value is -3.71. The maximum absolute atomic E-state index is 13.1. The molecule has 7 heteroatoms. The first kappa shape index (κ1) is 22.5. The standard InChI is InChI=1S/C26H22FN3O2S/c1-18(19-5-3-2-4-6-19)17-28-26(32)20-7-11-22(12-8-20)30-25(31)16-15-24(29-30)33-23-13-9-21(27)10-14-23/h2-16,18H,17H2,1H3,(H,28,32)/t18-/m0/s1. The number of hydrogen-bond acceptors (Lipinski definition) is 4. The average molecular weight is 460 g/mol. The van der Waals surface area contributed by atoms with Gasteiger partial charge in [0.25, 0.3) is 11.5 Å². The molecule has 4 rings (SSSR count). The van der Waals surface area contributed by atoms with Gasteiger partial charge in [-0.05, 0) is 66.1 Å². The Balaban J connectivity index is 1.44. The van der Waals surface area contributed by atoms with E-state index in [-0.39, 0.29) is 23.2 Å². The molecular weight excluding hydrogens is 437 g/mol. The Morgan fingerprint density at radius 3 is 2.36 bits per heavy atom. The van der Waals surface area contributed by atoms with Gasteiger partial charge in [0.2, 0.25) is 0 Å². The Morgan fingerprint density at radius 1 is 0.970 bits per heavy atom. The molecule has 33 heavy (non-hydrogen) atoms. The van der Waals surface area contributed by atoms with Crippen LogP contribution in [0.1, 0.15) is 28.8 Å². The summed E-state index contributed by atoms with van der Waals surface area (Å²) in [6.07, 6.45) is 0. The summed E-state index contributed by atoms with van der Waals surface area (Å²) >= 11 is 1.33. The minimum absolute atomic E-state index is 0.176. The van der Waals surface area contributed by atoms with Crippen LogP contribution in [0.15, 0.2) is 106 Å². The number of aromatic nitrogens is 2. The number of carbonyl (C=O) groups excluding carboxylic acids is 1. The predicted molar refractivity (Wildman–Crippen MR) is 128 cm³/mol. The zero-order chi connectivity index (χ0) is 23.2. The summed E-state index contributed by atoms with van der Waals surface area (Å²) in [6, 6.07) is 25.9. The Labute approximate surface area is 195 Å². The molecule has 1 amide bonds. The summed E-state index contributed by atoms with van der Waals surface area (Å²) in [5.41, 5.74) is 1.93. The van der Waals surface area contributed by atoms with Crippen LogP contribution >= 0.6 is 11.8 Å². The molecule has 1 aromatic heterocycles. The van der Waals surface area contributed by atoms with Crippen LogP contribution in [0.4, 0.5) is 4.39 Å². The van der Waals surface area contributed by atoms with Crippen molar-refractivity contribution < 1.29 is 9.18 Å². The number of carbonyl (C=O) groups is 1. The molecule has 0 radical (unpaired) electrons. The van der Waals surface area contributed by atoms with E-state index in [1.165, 1.54) is 34.6 Å². The van der Waals surface area contributed by atoms with Crippen LogP contribution in [0.3, 0.4) is 0 Å². The van der Waals surface area contributed by atoms with Crippen LogP contribution in [0.25, 0.3) is 5.69 Å². The average Bonchev–Trinajstić information content (AvgIpc) is 2.85. The monoisotopic (exact) mass is 459 g/mol. The molecule has 1 atom stereocenters. The first-order valence-corrected chi connectivity index (χ1v) is 11.3. The van der Waals surface area contributed by atoms with Crippen molar-refractivity contribution in [1.29, 1.82) is 0 Å². The van der Waals surface area contributed by atoms with Crippen LogP contribution in [0.2, 0.25) is 0 Å². The molecule has 0 unspecified atom stereocenters. The van der Waals surface area contributed by atoms with Gasteiger partial charge in [-0.25, -0.2) is 4.39 Å². The topological polar surface area (TPSA) is 64.0 Å². The fourth-order valence-corrected chi connectivity index (χ4v) is 4.03. The van der Waals surface area contributed by atoms with Crippen LogP contribution in [-0.4, -0.2) is 22.2 Å². The Bertz CT molecular complexity index is 1290. The van der Waals surface area contributed by atoms with E-state index in [0.717, 1.165) is 10.5 Å². The Morgan fingerprint density at radius 2 is 1.67 bits per heavy atom. The van der Waals surface area contributed by atoms with Crippen molar-refractivity contribution in [1.82, 2.24) is 15.1 Å². The summed E-state index contributed by atoms with van der Waals surface area (Å²) in [4.78, 5) is 25.7. The smallest absolute Gasteiger partial charge is 0.271 e. The molecule has 5 nitrogen and oxygen atoms in total. The highest BCUT2D eigenvalue weighted by Crippen LogP contribution is 2.25. The van der Waals surface area contributed by atoms with E-state index < -0.39 is 0 Å². The van der Waals surface area contributed by atoms with Gasteiger partial charge in [-0.2, -0.15) is 9.78 Å². The van der Waals surface area contributed by atoms with Gasteiger partial charge in [0, 0.05) is 23.1 Å². The Kier molecular flexibility index (Phi) is 7.00. The second-order valence-electron chi connectivity index (χ2n) is 7.55. The number of nitrogens with zero attached hydrogens (tertiary/aromatic N) is 2. The van der Waals surface area contributed by atoms with Gasteiger partial charge in [0.05, 0.1) is 5.69 Å². The van der Waals surface area contributed by atoms with Gasteiger partial charge in [-0.1, -0.05) is 49.0 Å². The van der Waals surface area contributed by atoms with Crippen LogP contribution in [-0.2, 0) is 0 Å². The number of amides is 1. The summed E-state index contributed by atoms with van der Waals surface area (Å²) in [5, 5.41) is 7.95. The van der Waals surface area contributed by atoms with E-state index in [2.05, 4.69) is 17.3 Å². The predicted octanol–water partition coefficient (Wildman–Crippen LogP) is 5.06. The van der Waals surface area contributed by atoms with Crippen molar-refractivity contribution in [2.75, 3.05) is 6.54 Å². The second kappa shape index (κ2) is 10.3. The van der Waals surface area contributed by atoms with Gasteiger partial charge in [0.15, 0.2) is 0 Å². The highest BCUT2D eigenvalue weighted by atomic mass is 32.2. The van der Waals surface area contributed by atoms with Crippen molar-refractivity contribution in [2.45, 2.75) is 22.8 Å². The molecule has 0 aliphatic heterocycles. The maximum atomic E-state index is 13.1. The molecule has 166 valence electrons. The third-order valence-electron chi connectivity index (χ3n) is 5.12. The van der Waals surface area contributed by atoms with Gasteiger partial charge in [-0.3, -0.25) is 9.59 Å². The molecule has 0 aliphatic rings. The lowest BCUT2D eigenvalue weighted by atomic mass is 10.0. The van der Waals surface area contributed by atoms with Gasteiger partial charge in [0.1, 0.15) is 10.8 Å². The third-order valence-corrected chi connectivity index (χ3v) is 6.06. The van der Waals surface area contributed by atoms with Crippen LogP contribution in [0.5, 0.6) is 0 Å². The van der Waals surface area contributed by atoms with Crippen LogP contribution in [0, 0.1) is 5.82 Å². The van der Waals surface area contributed by atoms with E-state index in [1.54, 1.807) is 42.5 Å². The zero-order valence-electron chi connectivity index (χ0n) is 17.9. The number of nitrogens with one attached hydrogen (secondary N) is 1. The molecular formula is C26H22FN3O2S. The maximum Gasteiger partial charge on any atom is 0.271 e. The molecule has 3 aromatic carbocycles. The minimum atomic E-state index is -0.309. The minimum Gasteiger partial charge on any atom is -0.351 e. The van der Waals surface area contributed by atoms with E-state index in [4.69, 9.17) is 0 Å². The lowest BCUT2D eigenvalue weighted by Crippen LogP contribution is -2.27.